The summed E-state index contributed by atoms with van der Waals surface area (Å²) in [4.78, 5) is 0. The topological polar surface area (TPSA) is 64.9 Å². The zero-order valence-electron chi connectivity index (χ0n) is 13.5. The fraction of sp³-hybridized carbons (Fsp3) is 0.278. The molecule has 4 rings (SSSR count). The monoisotopic (exact) mass is 321 g/mol. The molecule has 2 atom stereocenters. The number of ether oxygens (including phenoxy) is 1. The van der Waals surface area contributed by atoms with Gasteiger partial charge in [0.25, 0.3) is 0 Å². The highest BCUT2D eigenvalue weighted by molar-refractivity contribution is 5.37. The lowest BCUT2D eigenvalue weighted by molar-refractivity contribution is 0.222. The van der Waals surface area contributed by atoms with E-state index in [1.165, 1.54) is 11.1 Å². The molecule has 0 saturated carbocycles. The highest BCUT2D eigenvalue weighted by Crippen LogP contribution is 2.28. The van der Waals surface area contributed by atoms with Crippen LogP contribution in [-0.4, -0.2) is 32.9 Å². The van der Waals surface area contributed by atoms with Gasteiger partial charge in [-0.3, -0.25) is 0 Å². The third-order valence-electron chi connectivity index (χ3n) is 4.37. The van der Waals surface area contributed by atoms with Gasteiger partial charge >= 0.3 is 0 Å². The number of para-hydroxylation sites is 1. The van der Waals surface area contributed by atoms with Crippen molar-refractivity contribution in [2.45, 2.75) is 25.5 Å². The van der Waals surface area contributed by atoms with Crippen LogP contribution in [0.1, 0.15) is 24.1 Å². The van der Waals surface area contributed by atoms with Crippen LogP contribution in [0.4, 0.5) is 0 Å². The maximum absolute atomic E-state index is 5.97. The lowest BCUT2D eigenvalue weighted by Gasteiger charge is -2.18. The minimum absolute atomic E-state index is 0.199. The Hall–Kier alpha value is -2.73. The van der Waals surface area contributed by atoms with E-state index in [1.807, 2.05) is 24.3 Å². The van der Waals surface area contributed by atoms with E-state index >= 15 is 0 Å². The van der Waals surface area contributed by atoms with Crippen LogP contribution in [0.15, 0.2) is 54.9 Å². The van der Waals surface area contributed by atoms with Crippen LogP contribution in [0.25, 0.3) is 5.69 Å². The number of rotatable bonds is 5. The summed E-state index contributed by atoms with van der Waals surface area (Å²) in [5.74, 6) is 1.02. The third-order valence-corrected chi connectivity index (χ3v) is 4.37. The molecule has 0 bridgehead atoms. The second-order valence-corrected chi connectivity index (χ2v) is 6.03. The number of hydrogen-bond donors (Lipinski definition) is 1. The van der Waals surface area contributed by atoms with Crippen LogP contribution >= 0.6 is 0 Å². The summed E-state index contributed by atoms with van der Waals surface area (Å²) < 4.78 is 7.62. The molecule has 6 heteroatoms. The van der Waals surface area contributed by atoms with Crippen LogP contribution in [-0.2, 0) is 6.42 Å². The summed E-state index contributed by atoms with van der Waals surface area (Å²) >= 11 is 0. The second kappa shape index (κ2) is 6.41. The molecular weight excluding hydrogens is 302 g/mol. The average Bonchev–Trinajstić information content (AvgIpc) is 3.29. The third kappa shape index (κ3) is 3.00. The van der Waals surface area contributed by atoms with Gasteiger partial charge in [-0.05, 0) is 46.7 Å². The summed E-state index contributed by atoms with van der Waals surface area (Å²) in [5.41, 5.74) is 3.47. The van der Waals surface area contributed by atoms with Crippen molar-refractivity contribution in [1.29, 1.82) is 0 Å². The van der Waals surface area contributed by atoms with Crippen molar-refractivity contribution in [3.8, 4) is 11.4 Å². The molecule has 0 amide bonds. The second-order valence-electron chi connectivity index (χ2n) is 6.03. The molecule has 1 aliphatic rings. The first kappa shape index (κ1) is 14.8. The molecule has 1 aliphatic heterocycles. The number of tetrazole rings is 1. The van der Waals surface area contributed by atoms with Gasteiger partial charge in [0.05, 0.1) is 5.69 Å². The normalized spacial score (nSPS) is 17.3. The Bertz CT molecular complexity index is 776. The SMILES string of the molecule is CC(NCC1Cc2ccccc2O1)c1ccc(-n2cnnn2)cc1. The minimum atomic E-state index is 0.199. The predicted octanol–water partition coefficient (Wildman–Crippen LogP) is 2.32. The minimum Gasteiger partial charge on any atom is -0.488 e. The smallest absolute Gasteiger partial charge is 0.143 e. The van der Waals surface area contributed by atoms with Crippen molar-refractivity contribution in [2.75, 3.05) is 6.54 Å². The maximum Gasteiger partial charge on any atom is 0.143 e. The summed E-state index contributed by atoms with van der Waals surface area (Å²) in [6.45, 7) is 2.98. The Balaban J connectivity index is 1.34. The molecule has 0 spiro atoms. The first-order valence-corrected chi connectivity index (χ1v) is 8.11. The van der Waals surface area contributed by atoms with Crippen LogP contribution < -0.4 is 10.1 Å². The van der Waals surface area contributed by atoms with E-state index in [1.54, 1.807) is 11.0 Å². The van der Waals surface area contributed by atoms with Gasteiger partial charge in [-0.1, -0.05) is 30.3 Å². The van der Waals surface area contributed by atoms with Crippen LogP contribution in [0, 0.1) is 0 Å². The first-order valence-electron chi connectivity index (χ1n) is 8.11. The van der Waals surface area contributed by atoms with E-state index in [9.17, 15) is 0 Å². The van der Waals surface area contributed by atoms with E-state index in [0.29, 0.717) is 0 Å². The molecular formula is C18H19N5O. The molecule has 6 nitrogen and oxygen atoms in total. The number of nitrogens with one attached hydrogen (secondary N) is 1. The number of fused-ring (bicyclic) bond motifs is 1. The molecule has 122 valence electrons. The predicted molar refractivity (Wildman–Crippen MR) is 90.1 cm³/mol. The molecule has 0 saturated heterocycles. The van der Waals surface area contributed by atoms with Gasteiger partial charge < -0.3 is 10.1 Å². The molecule has 0 fully saturated rings. The number of benzene rings is 2. The zero-order chi connectivity index (χ0) is 16.4. The number of hydrogen-bond acceptors (Lipinski definition) is 5. The van der Waals surface area contributed by atoms with Crippen molar-refractivity contribution in [3.63, 3.8) is 0 Å². The van der Waals surface area contributed by atoms with Gasteiger partial charge in [0.1, 0.15) is 18.2 Å². The van der Waals surface area contributed by atoms with Crippen molar-refractivity contribution < 1.29 is 4.74 Å². The lowest BCUT2D eigenvalue weighted by Crippen LogP contribution is -2.31. The molecule has 1 aromatic heterocycles. The van der Waals surface area contributed by atoms with Crippen LogP contribution in [0.2, 0.25) is 0 Å². The number of aromatic nitrogens is 4. The van der Waals surface area contributed by atoms with E-state index < -0.39 is 0 Å². The highest BCUT2D eigenvalue weighted by Gasteiger charge is 2.22. The zero-order valence-corrected chi connectivity index (χ0v) is 13.5. The Labute approximate surface area is 140 Å². The summed E-state index contributed by atoms with van der Waals surface area (Å²) in [7, 11) is 0. The standard InChI is InChI=1S/C18H19N5O/c1-13(14-6-8-16(9-7-14)23-12-20-21-22-23)19-11-17-10-15-4-2-3-5-18(15)24-17/h2-9,12-13,17,19H,10-11H2,1H3. The van der Waals surface area contributed by atoms with Crippen LogP contribution in [0.3, 0.4) is 0 Å². The van der Waals surface area contributed by atoms with Crippen molar-refractivity contribution in [2.24, 2.45) is 0 Å². The first-order chi connectivity index (χ1) is 11.8. The molecule has 2 unspecified atom stereocenters. The van der Waals surface area contributed by atoms with Crippen molar-refractivity contribution in [3.05, 3.63) is 66.0 Å². The maximum atomic E-state index is 5.97. The molecule has 24 heavy (non-hydrogen) atoms. The molecule has 0 radical (unpaired) electrons. The van der Waals surface area contributed by atoms with E-state index in [4.69, 9.17) is 4.74 Å². The fourth-order valence-corrected chi connectivity index (χ4v) is 2.99. The van der Waals surface area contributed by atoms with Gasteiger partial charge in [-0.2, -0.15) is 0 Å². The summed E-state index contributed by atoms with van der Waals surface area (Å²) in [5, 5.41) is 14.8. The fourth-order valence-electron chi connectivity index (χ4n) is 2.99. The highest BCUT2D eigenvalue weighted by atomic mass is 16.5. The molecule has 2 aromatic carbocycles. The Morgan fingerprint density at radius 3 is 2.79 bits per heavy atom. The van der Waals surface area contributed by atoms with Gasteiger partial charge in [0, 0.05) is 19.0 Å². The molecule has 0 aliphatic carbocycles. The summed E-state index contributed by atoms with van der Waals surface area (Å²) in [6.07, 6.45) is 2.75. The van der Waals surface area contributed by atoms with E-state index in [2.05, 4.69) is 52.0 Å². The largest absolute Gasteiger partial charge is 0.488 e. The quantitative estimate of drug-likeness (QED) is 0.781. The Morgan fingerprint density at radius 2 is 2.04 bits per heavy atom. The molecule has 1 N–H and O–H groups in total. The van der Waals surface area contributed by atoms with Crippen molar-refractivity contribution in [1.82, 2.24) is 25.5 Å². The number of nitrogens with zero attached hydrogens (tertiary/aromatic N) is 4. The van der Waals surface area contributed by atoms with Gasteiger partial charge in [0.15, 0.2) is 0 Å². The van der Waals surface area contributed by atoms with Gasteiger partial charge in [-0.25, -0.2) is 4.68 Å². The summed E-state index contributed by atoms with van der Waals surface area (Å²) in [6, 6.07) is 16.7. The van der Waals surface area contributed by atoms with Crippen molar-refractivity contribution >= 4 is 0 Å². The molecule has 3 aromatic rings. The Morgan fingerprint density at radius 1 is 1.21 bits per heavy atom. The van der Waals surface area contributed by atoms with E-state index in [-0.39, 0.29) is 12.1 Å². The van der Waals surface area contributed by atoms with E-state index in [0.717, 1.165) is 24.4 Å². The molecule has 2 heterocycles. The van der Waals surface area contributed by atoms with Crippen LogP contribution in [0.5, 0.6) is 5.75 Å². The lowest BCUT2D eigenvalue weighted by atomic mass is 10.1. The Kier molecular flexibility index (Phi) is 3.96. The van der Waals surface area contributed by atoms with Gasteiger partial charge in [0.2, 0.25) is 0 Å². The van der Waals surface area contributed by atoms with Gasteiger partial charge in [-0.15, -0.1) is 5.10 Å². The average molecular weight is 321 g/mol.